The van der Waals surface area contributed by atoms with Gasteiger partial charge in [-0.25, -0.2) is 0 Å². The first-order valence-corrected chi connectivity index (χ1v) is 5.12. The van der Waals surface area contributed by atoms with E-state index in [1.54, 1.807) is 0 Å². The van der Waals surface area contributed by atoms with Crippen molar-refractivity contribution < 1.29 is 5.11 Å². The molecule has 0 aromatic rings. The van der Waals surface area contributed by atoms with Crippen molar-refractivity contribution in [1.82, 2.24) is 4.90 Å². The monoisotopic (exact) mass is 171 g/mol. The van der Waals surface area contributed by atoms with Crippen LogP contribution in [0.25, 0.3) is 0 Å². The van der Waals surface area contributed by atoms with Crippen molar-refractivity contribution in [3.63, 3.8) is 0 Å². The summed E-state index contributed by atoms with van der Waals surface area (Å²) in [6, 6.07) is 0. The Balaban J connectivity index is 1.90. The van der Waals surface area contributed by atoms with Crippen molar-refractivity contribution in [2.75, 3.05) is 26.7 Å². The largest absolute Gasteiger partial charge is 0.396 e. The second-order valence-corrected chi connectivity index (χ2v) is 3.97. The van der Waals surface area contributed by atoms with Gasteiger partial charge in [-0.15, -0.1) is 0 Å². The molecular weight excluding hydrogens is 150 g/mol. The summed E-state index contributed by atoms with van der Waals surface area (Å²) < 4.78 is 0. The van der Waals surface area contributed by atoms with Gasteiger partial charge in [0, 0.05) is 13.2 Å². The van der Waals surface area contributed by atoms with Crippen molar-refractivity contribution in [1.29, 1.82) is 0 Å². The van der Waals surface area contributed by atoms with Gasteiger partial charge in [0.15, 0.2) is 0 Å². The van der Waals surface area contributed by atoms with Crippen molar-refractivity contribution in [2.24, 2.45) is 5.92 Å². The Morgan fingerprint density at radius 2 is 2.08 bits per heavy atom. The summed E-state index contributed by atoms with van der Waals surface area (Å²) in [6.07, 6.45) is 6.63. The van der Waals surface area contributed by atoms with Crippen molar-refractivity contribution in [2.45, 2.75) is 32.1 Å². The predicted molar refractivity (Wildman–Crippen MR) is 51.2 cm³/mol. The Hall–Kier alpha value is -0.0800. The third kappa shape index (κ3) is 3.55. The van der Waals surface area contributed by atoms with E-state index in [4.69, 9.17) is 5.11 Å². The third-order valence-corrected chi connectivity index (χ3v) is 2.84. The molecule has 1 saturated carbocycles. The molecule has 0 saturated heterocycles. The molecule has 0 spiro atoms. The number of hydrogen-bond acceptors (Lipinski definition) is 2. The SMILES string of the molecule is CN(CCCO)CCC1CCC1. The number of hydrogen-bond donors (Lipinski definition) is 1. The van der Waals surface area contributed by atoms with E-state index >= 15 is 0 Å². The van der Waals surface area contributed by atoms with Crippen molar-refractivity contribution in [3.05, 3.63) is 0 Å². The van der Waals surface area contributed by atoms with Crippen LogP contribution in [0.2, 0.25) is 0 Å². The van der Waals surface area contributed by atoms with E-state index in [1.165, 1.54) is 32.2 Å². The minimum absolute atomic E-state index is 0.327. The maximum Gasteiger partial charge on any atom is 0.0443 e. The molecule has 1 aliphatic carbocycles. The Kier molecular flexibility index (Phi) is 4.62. The molecule has 0 aromatic carbocycles. The Bertz CT molecular complexity index is 112. The second kappa shape index (κ2) is 5.55. The van der Waals surface area contributed by atoms with Gasteiger partial charge in [0.2, 0.25) is 0 Å². The van der Waals surface area contributed by atoms with Gasteiger partial charge < -0.3 is 10.0 Å². The molecular formula is C10H21NO. The van der Waals surface area contributed by atoms with Gasteiger partial charge in [0.05, 0.1) is 0 Å². The second-order valence-electron chi connectivity index (χ2n) is 3.97. The average Bonchev–Trinajstić information content (AvgIpc) is 1.98. The van der Waals surface area contributed by atoms with Crippen LogP contribution in [-0.2, 0) is 0 Å². The number of aliphatic hydroxyl groups is 1. The molecule has 0 heterocycles. The van der Waals surface area contributed by atoms with Gasteiger partial charge in [0.1, 0.15) is 0 Å². The minimum atomic E-state index is 0.327. The van der Waals surface area contributed by atoms with Crippen molar-refractivity contribution in [3.8, 4) is 0 Å². The molecule has 0 radical (unpaired) electrons. The average molecular weight is 171 g/mol. The van der Waals surface area contributed by atoms with E-state index in [1.807, 2.05) is 0 Å². The Morgan fingerprint density at radius 3 is 2.58 bits per heavy atom. The van der Waals surface area contributed by atoms with Gasteiger partial charge in [-0.3, -0.25) is 0 Å². The highest BCUT2D eigenvalue weighted by atomic mass is 16.3. The standard InChI is InChI=1S/C10H21NO/c1-11(7-3-9-12)8-6-10-4-2-5-10/h10,12H,2-9H2,1H3. The van der Waals surface area contributed by atoms with Crippen LogP contribution in [0.15, 0.2) is 0 Å². The fraction of sp³-hybridized carbons (Fsp3) is 1.00. The van der Waals surface area contributed by atoms with Crippen LogP contribution in [0.1, 0.15) is 32.1 Å². The van der Waals surface area contributed by atoms with Gasteiger partial charge in [-0.1, -0.05) is 19.3 Å². The lowest BCUT2D eigenvalue weighted by atomic mass is 9.83. The van der Waals surface area contributed by atoms with Crippen LogP contribution in [0.3, 0.4) is 0 Å². The minimum Gasteiger partial charge on any atom is -0.396 e. The Morgan fingerprint density at radius 1 is 1.33 bits per heavy atom. The maximum atomic E-state index is 8.62. The van der Waals surface area contributed by atoms with Crippen molar-refractivity contribution >= 4 is 0 Å². The summed E-state index contributed by atoms with van der Waals surface area (Å²) in [5.41, 5.74) is 0. The molecule has 2 heteroatoms. The van der Waals surface area contributed by atoms with E-state index in [0.29, 0.717) is 6.61 Å². The fourth-order valence-corrected chi connectivity index (χ4v) is 1.64. The molecule has 1 N–H and O–H groups in total. The van der Waals surface area contributed by atoms with Crippen LogP contribution >= 0.6 is 0 Å². The molecule has 0 bridgehead atoms. The summed E-state index contributed by atoms with van der Waals surface area (Å²) in [5, 5.41) is 8.62. The van der Waals surface area contributed by atoms with Crippen LogP contribution in [0, 0.1) is 5.92 Å². The topological polar surface area (TPSA) is 23.5 Å². The highest BCUT2D eigenvalue weighted by Crippen LogP contribution is 2.29. The summed E-state index contributed by atoms with van der Waals surface area (Å²) in [4.78, 5) is 2.33. The molecule has 2 nitrogen and oxygen atoms in total. The molecule has 0 unspecified atom stereocenters. The molecule has 1 aliphatic rings. The molecule has 12 heavy (non-hydrogen) atoms. The number of rotatable bonds is 6. The predicted octanol–water partition coefficient (Wildman–Crippen LogP) is 1.49. The zero-order valence-electron chi connectivity index (χ0n) is 8.13. The van der Waals surface area contributed by atoms with Crippen LogP contribution in [-0.4, -0.2) is 36.8 Å². The van der Waals surface area contributed by atoms with Crippen LogP contribution in [0.5, 0.6) is 0 Å². The van der Waals surface area contributed by atoms with E-state index in [0.717, 1.165) is 18.9 Å². The normalized spacial score (nSPS) is 18.2. The summed E-state index contributed by atoms with van der Waals surface area (Å²) in [7, 11) is 2.15. The molecule has 0 aromatic heterocycles. The van der Waals surface area contributed by atoms with Crippen LogP contribution in [0.4, 0.5) is 0 Å². The third-order valence-electron chi connectivity index (χ3n) is 2.84. The fourth-order valence-electron chi connectivity index (χ4n) is 1.64. The molecule has 0 aliphatic heterocycles. The summed E-state index contributed by atoms with van der Waals surface area (Å²) in [6.45, 7) is 2.58. The summed E-state index contributed by atoms with van der Waals surface area (Å²) in [5.74, 6) is 1.02. The first-order chi connectivity index (χ1) is 5.83. The highest BCUT2D eigenvalue weighted by molar-refractivity contribution is 4.70. The smallest absolute Gasteiger partial charge is 0.0443 e. The molecule has 72 valence electrons. The van der Waals surface area contributed by atoms with E-state index < -0.39 is 0 Å². The van der Waals surface area contributed by atoms with E-state index in [2.05, 4.69) is 11.9 Å². The molecule has 1 rings (SSSR count). The van der Waals surface area contributed by atoms with E-state index in [9.17, 15) is 0 Å². The molecule has 0 amide bonds. The summed E-state index contributed by atoms with van der Waals surface area (Å²) >= 11 is 0. The Labute approximate surface area is 75.6 Å². The first kappa shape index (κ1) is 10.0. The molecule has 1 fully saturated rings. The van der Waals surface area contributed by atoms with Gasteiger partial charge in [0.25, 0.3) is 0 Å². The van der Waals surface area contributed by atoms with Gasteiger partial charge in [-0.05, 0) is 32.4 Å². The molecule has 0 atom stereocenters. The first-order valence-electron chi connectivity index (χ1n) is 5.12. The zero-order chi connectivity index (χ0) is 8.81. The lowest BCUT2D eigenvalue weighted by Crippen LogP contribution is -2.25. The van der Waals surface area contributed by atoms with E-state index in [-0.39, 0.29) is 0 Å². The zero-order valence-corrected chi connectivity index (χ0v) is 8.13. The maximum absolute atomic E-state index is 8.62. The van der Waals surface area contributed by atoms with Gasteiger partial charge >= 0.3 is 0 Å². The lowest BCUT2D eigenvalue weighted by Gasteiger charge is -2.27. The van der Waals surface area contributed by atoms with Gasteiger partial charge in [-0.2, -0.15) is 0 Å². The number of aliphatic hydroxyl groups excluding tert-OH is 1. The quantitative estimate of drug-likeness (QED) is 0.654. The highest BCUT2D eigenvalue weighted by Gasteiger charge is 2.16. The van der Waals surface area contributed by atoms with Crippen LogP contribution < -0.4 is 0 Å². The lowest BCUT2D eigenvalue weighted by molar-refractivity contribution is 0.217. The number of nitrogens with zero attached hydrogens (tertiary/aromatic N) is 1.